The van der Waals surface area contributed by atoms with E-state index in [1.165, 1.54) is 34.3 Å². The highest BCUT2D eigenvalue weighted by molar-refractivity contribution is 5.79. The Bertz CT molecular complexity index is 1250. The summed E-state index contributed by atoms with van der Waals surface area (Å²) in [6, 6.07) is 3.67. The first-order valence-corrected chi connectivity index (χ1v) is 10.7. The Kier molecular flexibility index (Phi) is 5.46. The average Bonchev–Trinajstić information content (AvgIpc) is 3.37. The van der Waals surface area contributed by atoms with Gasteiger partial charge in [0.1, 0.15) is 17.7 Å². The van der Waals surface area contributed by atoms with Crippen molar-refractivity contribution in [2.75, 3.05) is 13.1 Å². The Morgan fingerprint density at radius 3 is 2.53 bits per heavy atom. The molecule has 2 amide bonds. The molecule has 1 N–H and O–H groups in total. The SMILES string of the molecule is Cc1n[nH]c(C)c1-c1cc(OC2CN(C(=O)N3N=CC[C@H]3c3cc(F)cc(F)c3)C2)c(F)cn1. The second-order valence-corrected chi connectivity index (χ2v) is 8.33. The average molecular weight is 470 g/mol. The van der Waals surface area contributed by atoms with Gasteiger partial charge in [0.15, 0.2) is 11.6 Å². The number of hydrogen-bond acceptors (Lipinski definition) is 5. The molecule has 2 aliphatic rings. The standard InChI is InChI=1S/C23H21F3N6O2/c1-12-22(13(2)30-29-12)19-8-21(18(26)9-27-19)34-17-10-31(11-17)23(33)32-20(3-4-28-32)14-5-15(24)7-16(25)6-14/h4-9,17,20H,3,10-11H2,1-2H3,(H,29,30)/t20-/m0/s1. The highest BCUT2D eigenvalue weighted by Crippen LogP contribution is 2.33. The minimum atomic E-state index is -0.716. The van der Waals surface area contributed by atoms with Crippen molar-refractivity contribution in [1.29, 1.82) is 0 Å². The molecule has 2 aliphatic heterocycles. The molecule has 0 unspecified atom stereocenters. The summed E-state index contributed by atoms with van der Waals surface area (Å²) in [5.41, 5.74) is 3.18. The molecule has 176 valence electrons. The van der Waals surface area contributed by atoms with Crippen LogP contribution in [0.2, 0.25) is 0 Å². The number of ether oxygens (including phenoxy) is 1. The van der Waals surface area contributed by atoms with E-state index in [1.807, 2.05) is 13.8 Å². The molecule has 1 fully saturated rings. The number of hydrogen-bond donors (Lipinski definition) is 1. The van der Waals surface area contributed by atoms with E-state index in [0.717, 1.165) is 29.2 Å². The van der Waals surface area contributed by atoms with Crippen molar-refractivity contribution in [2.45, 2.75) is 32.4 Å². The summed E-state index contributed by atoms with van der Waals surface area (Å²) < 4.78 is 47.4. The largest absolute Gasteiger partial charge is 0.483 e. The van der Waals surface area contributed by atoms with E-state index in [1.54, 1.807) is 0 Å². The van der Waals surface area contributed by atoms with Gasteiger partial charge in [0.25, 0.3) is 0 Å². The lowest BCUT2D eigenvalue weighted by Crippen LogP contribution is -2.58. The molecule has 1 aromatic carbocycles. The van der Waals surface area contributed by atoms with Gasteiger partial charge in [-0.05, 0) is 31.5 Å². The summed E-state index contributed by atoms with van der Waals surface area (Å²) in [7, 11) is 0. The van der Waals surface area contributed by atoms with E-state index >= 15 is 0 Å². The van der Waals surface area contributed by atoms with E-state index in [0.29, 0.717) is 17.7 Å². The zero-order valence-electron chi connectivity index (χ0n) is 18.4. The van der Waals surface area contributed by atoms with Gasteiger partial charge in [0, 0.05) is 36.0 Å². The maximum absolute atomic E-state index is 14.4. The number of H-pyrrole nitrogens is 1. The molecule has 3 aromatic rings. The van der Waals surface area contributed by atoms with E-state index in [2.05, 4.69) is 20.3 Å². The van der Waals surface area contributed by atoms with Crippen LogP contribution in [0.3, 0.4) is 0 Å². The zero-order chi connectivity index (χ0) is 24.0. The number of carbonyl (C=O) groups is 1. The summed E-state index contributed by atoms with van der Waals surface area (Å²) in [5, 5.41) is 12.3. The Morgan fingerprint density at radius 1 is 1.12 bits per heavy atom. The first-order chi connectivity index (χ1) is 16.3. The first-order valence-electron chi connectivity index (χ1n) is 10.7. The Hall–Kier alpha value is -3.89. The Labute approximate surface area is 193 Å². The van der Waals surface area contributed by atoms with Gasteiger partial charge in [-0.25, -0.2) is 23.0 Å². The van der Waals surface area contributed by atoms with Crippen LogP contribution in [0.25, 0.3) is 11.3 Å². The molecule has 11 heteroatoms. The topological polar surface area (TPSA) is 86.7 Å². The Balaban J connectivity index is 1.25. The van der Waals surface area contributed by atoms with Crippen LogP contribution >= 0.6 is 0 Å². The molecule has 0 radical (unpaired) electrons. The van der Waals surface area contributed by atoms with Crippen LogP contribution in [0.4, 0.5) is 18.0 Å². The number of likely N-dealkylation sites (tertiary alicyclic amines) is 1. The highest BCUT2D eigenvalue weighted by Gasteiger charge is 2.39. The normalized spacial score (nSPS) is 17.9. The van der Waals surface area contributed by atoms with Gasteiger partial charge in [-0.3, -0.25) is 10.1 Å². The Morgan fingerprint density at radius 2 is 1.85 bits per heavy atom. The number of aromatic amines is 1. The molecule has 5 rings (SSSR count). The number of aryl methyl sites for hydroxylation is 2. The highest BCUT2D eigenvalue weighted by atomic mass is 19.1. The molecular weight excluding hydrogens is 449 g/mol. The van der Waals surface area contributed by atoms with E-state index < -0.39 is 35.6 Å². The lowest BCUT2D eigenvalue weighted by molar-refractivity contribution is 0.0256. The van der Waals surface area contributed by atoms with Crippen molar-refractivity contribution < 1.29 is 22.7 Å². The summed E-state index contributed by atoms with van der Waals surface area (Å²) in [4.78, 5) is 18.6. The zero-order valence-corrected chi connectivity index (χ0v) is 18.4. The number of halogens is 3. The van der Waals surface area contributed by atoms with Gasteiger partial charge >= 0.3 is 6.03 Å². The van der Waals surface area contributed by atoms with Gasteiger partial charge in [-0.1, -0.05) is 0 Å². The molecule has 0 aliphatic carbocycles. The van der Waals surface area contributed by atoms with Crippen LogP contribution in [0.1, 0.15) is 29.4 Å². The second-order valence-electron chi connectivity index (χ2n) is 8.33. The van der Waals surface area contributed by atoms with E-state index in [-0.39, 0.29) is 18.8 Å². The van der Waals surface area contributed by atoms with Gasteiger partial charge in [0.05, 0.1) is 36.7 Å². The maximum atomic E-state index is 14.4. The van der Waals surface area contributed by atoms with Crippen molar-refractivity contribution in [3.05, 3.63) is 64.9 Å². The van der Waals surface area contributed by atoms with E-state index in [4.69, 9.17) is 4.74 Å². The van der Waals surface area contributed by atoms with Crippen molar-refractivity contribution in [3.63, 3.8) is 0 Å². The van der Waals surface area contributed by atoms with Gasteiger partial charge < -0.3 is 9.64 Å². The number of benzene rings is 1. The monoisotopic (exact) mass is 470 g/mol. The summed E-state index contributed by atoms with van der Waals surface area (Å²) in [6.07, 6.45) is 2.56. The fraction of sp³-hybridized carbons (Fsp3) is 0.304. The molecule has 1 saturated heterocycles. The molecule has 34 heavy (non-hydrogen) atoms. The fourth-order valence-electron chi connectivity index (χ4n) is 4.21. The number of nitrogens with one attached hydrogen (secondary N) is 1. The van der Waals surface area contributed by atoms with Gasteiger partial charge in [-0.15, -0.1) is 0 Å². The van der Waals surface area contributed by atoms with Crippen LogP contribution in [0, 0.1) is 31.3 Å². The maximum Gasteiger partial charge on any atom is 0.341 e. The molecule has 0 saturated carbocycles. The minimum absolute atomic E-state index is 0.0365. The quantitative estimate of drug-likeness (QED) is 0.622. The third kappa shape index (κ3) is 3.97. The summed E-state index contributed by atoms with van der Waals surface area (Å²) in [6.45, 7) is 4.11. The predicted molar refractivity (Wildman–Crippen MR) is 117 cm³/mol. The van der Waals surface area contributed by atoms with Crippen LogP contribution in [-0.4, -0.2) is 56.5 Å². The van der Waals surface area contributed by atoms with Crippen LogP contribution in [0.5, 0.6) is 5.75 Å². The summed E-state index contributed by atoms with van der Waals surface area (Å²) in [5.74, 6) is -2.00. The lowest BCUT2D eigenvalue weighted by atomic mass is 10.0. The molecule has 8 nitrogen and oxygen atoms in total. The number of hydrazone groups is 1. The third-order valence-corrected chi connectivity index (χ3v) is 5.91. The van der Waals surface area contributed by atoms with Crippen LogP contribution in [-0.2, 0) is 0 Å². The minimum Gasteiger partial charge on any atom is -0.483 e. The first kappa shape index (κ1) is 21.9. The smallest absolute Gasteiger partial charge is 0.341 e. The molecule has 0 bridgehead atoms. The van der Waals surface area contributed by atoms with Gasteiger partial charge in [0.2, 0.25) is 0 Å². The summed E-state index contributed by atoms with van der Waals surface area (Å²) >= 11 is 0. The van der Waals surface area contributed by atoms with Crippen molar-refractivity contribution in [1.82, 2.24) is 25.1 Å². The van der Waals surface area contributed by atoms with Crippen molar-refractivity contribution in [3.8, 4) is 17.0 Å². The molecule has 2 aromatic heterocycles. The number of rotatable bonds is 4. The predicted octanol–water partition coefficient (Wildman–Crippen LogP) is 4.12. The molecule has 4 heterocycles. The van der Waals surface area contributed by atoms with E-state index in [9.17, 15) is 18.0 Å². The number of urea groups is 1. The number of carbonyl (C=O) groups excluding carboxylic acids is 1. The lowest BCUT2D eigenvalue weighted by Gasteiger charge is -2.41. The van der Waals surface area contributed by atoms with Gasteiger partial charge in [-0.2, -0.15) is 10.2 Å². The number of nitrogens with zero attached hydrogens (tertiary/aromatic N) is 5. The number of amides is 2. The fourth-order valence-corrected chi connectivity index (χ4v) is 4.21. The number of pyridine rings is 1. The van der Waals surface area contributed by atoms with Crippen molar-refractivity contribution in [2.24, 2.45) is 5.10 Å². The second kappa shape index (κ2) is 8.47. The number of aromatic nitrogens is 3. The molecule has 1 atom stereocenters. The van der Waals surface area contributed by atoms with Crippen LogP contribution in [0.15, 0.2) is 35.6 Å². The molecule has 0 spiro atoms. The third-order valence-electron chi connectivity index (χ3n) is 5.91. The van der Waals surface area contributed by atoms with Crippen molar-refractivity contribution >= 4 is 12.2 Å². The molecular formula is C23H21F3N6O2. The van der Waals surface area contributed by atoms with Crippen LogP contribution < -0.4 is 4.74 Å².